The number of rotatable bonds is 3. The van der Waals surface area contributed by atoms with Crippen molar-refractivity contribution in [2.75, 3.05) is 0 Å². The van der Waals surface area contributed by atoms with Crippen molar-refractivity contribution in [3.63, 3.8) is 0 Å². The van der Waals surface area contributed by atoms with E-state index in [9.17, 15) is 9.59 Å². The number of nitrogens with zero attached hydrogens (tertiary/aromatic N) is 1. The van der Waals surface area contributed by atoms with Crippen LogP contribution in [0.15, 0.2) is 23.1 Å². The van der Waals surface area contributed by atoms with Crippen LogP contribution in [0.5, 0.6) is 0 Å². The number of thiophene rings is 1. The number of nitrogens with one attached hydrogen (secondary N) is 2. The number of hydrogen-bond acceptors (Lipinski definition) is 5. The standard InChI is InChI=1S/C17H17N3O3S/c1-9-4-5-10-12(7-9)24-16-14(10)15(21)19-13(20-16)8-23-17(22)11-3-2-6-18-11/h2-3,6,9,18H,4-5,7-8H2,1H3,(H,19,20,21)/t9-/m0/s1. The van der Waals surface area contributed by atoms with Gasteiger partial charge in [-0.15, -0.1) is 11.3 Å². The number of carbonyl (C=O) groups excluding carboxylic acids is 1. The monoisotopic (exact) mass is 343 g/mol. The summed E-state index contributed by atoms with van der Waals surface area (Å²) < 4.78 is 5.20. The normalized spacial score (nSPS) is 17.0. The lowest BCUT2D eigenvalue weighted by Crippen LogP contribution is -2.16. The van der Waals surface area contributed by atoms with Crippen LogP contribution in [0, 0.1) is 5.92 Å². The number of aromatic nitrogens is 3. The fourth-order valence-corrected chi connectivity index (χ4v) is 4.53. The first-order chi connectivity index (χ1) is 11.6. The molecule has 1 aliphatic carbocycles. The maximum absolute atomic E-state index is 12.5. The molecule has 6 nitrogen and oxygen atoms in total. The second kappa shape index (κ2) is 5.90. The van der Waals surface area contributed by atoms with E-state index in [0.717, 1.165) is 29.7 Å². The van der Waals surface area contributed by atoms with E-state index in [0.29, 0.717) is 22.8 Å². The Balaban J connectivity index is 1.61. The predicted molar refractivity (Wildman–Crippen MR) is 91.3 cm³/mol. The summed E-state index contributed by atoms with van der Waals surface area (Å²) >= 11 is 1.59. The van der Waals surface area contributed by atoms with E-state index in [1.54, 1.807) is 29.7 Å². The van der Waals surface area contributed by atoms with E-state index < -0.39 is 5.97 Å². The number of hydrogen-bond donors (Lipinski definition) is 2. The summed E-state index contributed by atoms with van der Waals surface area (Å²) in [5, 5.41) is 0.710. The number of carbonyl (C=O) groups is 1. The summed E-state index contributed by atoms with van der Waals surface area (Å²) in [4.78, 5) is 36.3. The Morgan fingerprint density at radius 3 is 3.17 bits per heavy atom. The van der Waals surface area contributed by atoms with Crippen LogP contribution in [0.4, 0.5) is 0 Å². The molecule has 1 aliphatic rings. The Bertz CT molecular complexity index is 956. The molecule has 0 aromatic carbocycles. The summed E-state index contributed by atoms with van der Waals surface area (Å²) in [6.07, 6.45) is 4.70. The van der Waals surface area contributed by atoms with Gasteiger partial charge in [-0.1, -0.05) is 6.92 Å². The molecule has 3 aromatic heterocycles. The highest BCUT2D eigenvalue weighted by Gasteiger charge is 2.23. The van der Waals surface area contributed by atoms with Crippen molar-refractivity contribution in [2.24, 2.45) is 5.92 Å². The molecule has 24 heavy (non-hydrogen) atoms. The van der Waals surface area contributed by atoms with Crippen molar-refractivity contribution < 1.29 is 9.53 Å². The molecule has 0 unspecified atom stereocenters. The zero-order valence-electron chi connectivity index (χ0n) is 13.2. The van der Waals surface area contributed by atoms with Gasteiger partial charge < -0.3 is 14.7 Å². The number of H-pyrrole nitrogens is 2. The van der Waals surface area contributed by atoms with Crippen molar-refractivity contribution in [2.45, 2.75) is 32.8 Å². The molecule has 7 heteroatoms. The molecule has 0 amide bonds. The van der Waals surface area contributed by atoms with Crippen molar-refractivity contribution in [3.05, 3.63) is 50.6 Å². The van der Waals surface area contributed by atoms with Crippen LogP contribution >= 0.6 is 11.3 Å². The molecule has 2 N–H and O–H groups in total. The fraction of sp³-hybridized carbons (Fsp3) is 0.353. The van der Waals surface area contributed by atoms with Crippen LogP contribution in [0.3, 0.4) is 0 Å². The van der Waals surface area contributed by atoms with Gasteiger partial charge in [0.2, 0.25) is 0 Å². The van der Waals surface area contributed by atoms with Gasteiger partial charge >= 0.3 is 5.97 Å². The smallest absolute Gasteiger partial charge is 0.355 e. The number of esters is 1. The van der Waals surface area contributed by atoms with E-state index in [2.05, 4.69) is 21.9 Å². The third kappa shape index (κ3) is 2.65. The first-order valence-electron chi connectivity index (χ1n) is 7.96. The summed E-state index contributed by atoms with van der Waals surface area (Å²) in [5.41, 5.74) is 1.38. The summed E-state index contributed by atoms with van der Waals surface area (Å²) in [5.74, 6) is 0.548. The fourth-order valence-electron chi connectivity index (χ4n) is 3.13. The van der Waals surface area contributed by atoms with Crippen LogP contribution in [-0.2, 0) is 24.2 Å². The average molecular weight is 343 g/mol. The third-order valence-corrected chi connectivity index (χ3v) is 5.52. The molecular weight excluding hydrogens is 326 g/mol. The first kappa shape index (κ1) is 15.1. The van der Waals surface area contributed by atoms with Gasteiger partial charge in [-0.2, -0.15) is 0 Å². The minimum absolute atomic E-state index is 0.0536. The molecule has 0 spiro atoms. The Labute approximate surface area is 141 Å². The van der Waals surface area contributed by atoms with E-state index in [1.165, 1.54) is 4.88 Å². The van der Waals surface area contributed by atoms with E-state index >= 15 is 0 Å². The Hall–Kier alpha value is -2.41. The molecule has 0 fully saturated rings. The summed E-state index contributed by atoms with van der Waals surface area (Å²) in [6.45, 7) is 2.18. The predicted octanol–water partition coefficient (Wildman–Crippen LogP) is 2.79. The second-order valence-corrected chi connectivity index (χ2v) is 7.29. The van der Waals surface area contributed by atoms with Crippen LogP contribution in [0.2, 0.25) is 0 Å². The van der Waals surface area contributed by atoms with Gasteiger partial charge in [0.1, 0.15) is 23.0 Å². The highest BCUT2D eigenvalue weighted by Crippen LogP contribution is 2.35. The van der Waals surface area contributed by atoms with E-state index in [1.807, 2.05) is 0 Å². The molecule has 3 aromatic rings. The molecule has 0 aliphatic heterocycles. The van der Waals surface area contributed by atoms with Gasteiger partial charge in [-0.25, -0.2) is 9.78 Å². The lowest BCUT2D eigenvalue weighted by atomic mass is 9.89. The highest BCUT2D eigenvalue weighted by molar-refractivity contribution is 7.18. The minimum atomic E-state index is -0.470. The topological polar surface area (TPSA) is 87.8 Å². The van der Waals surface area contributed by atoms with Crippen molar-refractivity contribution in [1.82, 2.24) is 15.0 Å². The highest BCUT2D eigenvalue weighted by atomic mass is 32.1. The molecule has 0 saturated carbocycles. The Morgan fingerprint density at radius 1 is 1.50 bits per heavy atom. The maximum Gasteiger partial charge on any atom is 0.355 e. The zero-order chi connectivity index (χ0) is 16.7. The van der Waals surface area contributed by atoms with E-state index in [-0.39, 0.29) is 12.2 Å². The number of aromatic amines is 2. The second-order valence-electron chi connectivity index (χ2n) is 6.20. The number of ether oxygens (including phenoxy) is 1. The summed E-state index contributed by atoms with van der Waals surface area (Å²) in [6, 6.07) is 3.36. The molecule has 0 radical (unpaired) electrons. The summed E-state index contributed by atoms with van der Waals surface area (Å²) in [7, 11) is 0. The van der Waals surface area contributed by atoms with Crippen molar-refractivity contribution >= 4 is 27.5 Å². The van der Waals surface area contributed by atoms with Gasteiger partial charge in [-0.05, 0) is 42.9 Å². The lowest BCUT2D eigenvalue weighted by molar-refractivity contribution is 0.0456. The lowest BCUT2D eigenvalue weighted by Gasteiger charge is -2.17. The Kier molecular flexibility index (Phi) is 3.72. The molecule has 0 saturated heterocycles. The van der Waals surface area contributed by atoms with Gasteiger partial charge in [0.15, 0.2) is 0 Å². The molecule has 3 heterocycles. The molecule has 124 valence electrons. The third-order valence-electron chi connectivity index (χ3n) is 4.37. The quantitative estimate of drug-likeness (QED) is 0.716. The first-order valence-corrected chi connectivity index (χ1v) is 8.77. The van der Waals surface area contributed by atoms with Gasteiger partial charge in [0.25, 0.3) is 5.56 Å². The van der Waals surface area contributed by atoms with Crippen molar-refractivity contribution in [3.8, 4) is 0 Å². The van der Waals surface area contributed by atoms with Gasteiger partial charge in [-0.3, -0.25) is 4.79 Å². The Morgan fingerprint density at radius 2 is 2.38 bits per heavy atom. The van der Waals surface area contributed by atoms with Crippen LogP contribution in [-0.4, -0.2) is 20.9 Å². The van der Waals surface area contributed by atoms with Crippen LogP contribution < -0.4 is 5.56 Å². The molecular formula is C17H17N3O3S. The van der Waals surface area contributed by atoms with Crippen molar-refractivity contribution in [1.29, 1.82) is 0 Å². The average Bonchev–Trinajstić information content (AvgIpc) is 3.19. The van der Waals surface area contributed by atoms with E-state index in [4.69, 9.17) is 4.74 Å². The minimum Gasteiger partial charge on any atom is -0.453 e. The molecule has 4 rings (SSSR count). The maximum atomic E-state index is 12.5. The number of aryl methyl sites for hydroxylation is 1. The van der Waals surface area contributed by atoms with Gasteiger partial charge in [0.05, 0.1) is 5.39 Å². The number of fused-ring (bicyclic) bond motifs is 3. The van der Waals surface area contributed by atoms with Crippen LogP contribution in [0.1, 0.15) is 40.1 Å². The largest absolute Gasteiger partial charge is 0.453 e. The zero-order valence-corrected chi connectivity index (χ0v) is 14.0. The SMILES string of the molecule is C[C@H]1CCc2c(sc3nc(COC(=O)c4ccc[nH]4)[nH]c(=O)c23)C1. The molecule has 1 atom stereocenters. The van der Waals surface area contributed by atoms with Crippen LogP contribution in [0.25, 0.3) is 10.2 Å². The molecule has 0 bridgehead atoms. The van der Waals surface area contributed by atoms with Gasteiger partial charge in [0, 0.05) is 11.1 Å².